The highest BCUT2D eigenvalue weighted by Crippen LogP contribution is 2.21. The largest absolute Gasteiger partial charge is 0.340 e. The number of carbonyl (C=O) groups is 2. The highest BCUT2D eigenvalue weighted by Gasteiger charge is 2.22. The van der Waals surface area contributed by atoms with Crippen molar-refractivity contribution in [3.63, 3.8) is 0 Å². The van der Waals surface area contributed by atoms with Gasteiger partial charge in [0.25, 0.3) is 0 Å². The molecule has 1 aliphatic heterocycles. The summed E-state index contributed by atoms with van der Waals surface area (Å²) in [7, 11) is 0. The molecule has 0 unspecified atom stereocenters. The normalized spacial score (nSPS) is 15.4. The molecule has 2 amide bonds. The minimum absolute atomic E-state index is 0.0143. The zero-order valence-electron chi connectivity index (χ0n) is 15.1. The topological polar surface area (TPSA) is 43.9 Å². The van der Waals surface area contributed by atoms with Crippen LogP contribution in [0, 0.1) is 0 Å². The second kappa shape index (κ2) is 8.83. The number of para-hydroxylation sites is 1. The van der Waals surface area contributed by atoms with Gasteiger partial charge in [0, 0.05) is 51.8 Å². The smallest absolute Gasteiger partial charge is 0.224 e. The Kier molecular flexibility index (Phi) is 6.79. The third-order valence-corrected chi connectivity index (χ3v) is 4.76. The number of amides is 2. The van der Waals surface area contributed by atoms with E-state index in [1.54, 1.807) is 11.8 Å². The molecule has 1 fully saturated rings. The van der Waals surface area contributed by atoms with E-state index < -0.39 is 0 Å². The third kappa shape index (κ3) is 4.57. The number of carbonyl (C=O) groups excluding carboxylic acids is 2. The molecular weight excluding hydrogens is 302 g/mol. The molecule has 0 aromatic heterocycles. The minimum atomic E-state index is -0.0143. The molecule has 1 aliphatic rings. The van der Waals surface area contributed by atoms with Gasteiger partial charge in [-0.25, -0.2) is 0 Å². The molecule has 1 aromatic rings. The predicted molar refractivity (Wildman–Crippen MR) is 97.2 cm³/mol. The van der Waals surface area contributed by atoms with Gasteiger partial charge in [0.15, 0.2) is 0 Å². The number of likely N-dealkylation sites (N-methyl/N-ethyl adjacent to an activating group) is 1. The summed E-state index contributed by atoms with van der Waals surface area (Å²) in [6.45, 7) is 10.7. The molecular formula is C19H29N3O2. The molecule has 0 radical (unpaired) electrons. The summed E-state index contributed by atoms with van der Waals surface area (Å²) >= 11 is 0. The maximum absolute atomic E-state index is 12.5. The fourth-order valence-corrected chi connectivity index (χ4v) is 3.20. The number of anilines is 1. The Labute approximate surface area is 145 Å². The lowest BCUT2D eigenvalue weighted by Crippen LogP contribution is -2.49. The van der Waals surface area contributed by atoms with E-state index in [0.29, 0.717) is 13.0 Å². The van der Waals surface area contributed by atoms with Gasteiger partial charge in [-0.2, -0.15) is 0 Å². The molecule has 0 spiro atoms. The Balaban J connectivity index is 1.97. The van der Waals surface area contributed by atoms with E-state index in [-0.39, 0.29) is 11.8 Å². The standard InChI is InChI=1S/C19H29N3O2/c1-4-17-8-6-7-9-18(17)22(16(3)23)11-10-19(24)21-14-12-20(5-2)13-15-21/h6-9H,4-5,10-15H2,1-3H3. The molecule has 2 rings (SSSR count). The van der Waals surface area contributed by atoms with Gasteiger partial charge < -0.3 is 14.7 Å². The number of hydrogen-bond donors (Lipinski definition) is 0. The van der Waals surface area contributed by atoms with Crippen LogP contribution in [0.2, 0.25) is 0 Å². The van der Waals surface area contributed by atoms with E-state index in [2.05, 4.69) is 18.7 Å². The van der Waals surface area contributed by atoms with Gasteiger partial charge in [-0.3, -0.25) is 9.59 Å². The first-order valence-electron chi connectivity index (χ1n) is 8.93. The molecule has 24 heavy (non-hydrogen) atoms. The van der Waals surface area contributed by atoms with E-state index in [4.69, 9.17) is 0 Å². The molecule has 1 aromatic carbocycles. The third-order valence-electron chi connectivity index (χ3n) is 4.76. The van der Waals surface area contributed by atoms with Crippen molar-refractivity contribution in [2.24, 2.45) is 0 Å². The fourth-order valence-electron chi connectivity index (χ4n) is 3.20. The Bertz CT molecular complexity index is 565. The average Bonchev–Trinajstić information content (AvgIpc) is 2.62. The van der Waals surface area contributed by atoms with Crippen LogP contribution in [-0.4, -0.2) is 60.9 Å². The minimum Gasteiger partial charge on any atom is -0.340 e. The van der Waals surface area contributed by atoms with Crippen molar-refractivity contribution in [1.29, 1.82) is 0 Å². The maximum Gasteiger partial charge on any atom is 0.224 e. The quantitative estimate of drug-likeness (QED) is 0.802. The van der Waals surface area contributed by atoms with E-state index in [0.717, 1.165) is 50.4 Å². The average molecular weight is 331 g/mol. The molecule has 132 valence electrons. The van der Waals surface area contributed by atoms with Crippen LogP contribution in [-0.2, 0) is 16.0 Å². The summed E-state index contributed by atoms with van der Waals surface area (Å²) in [5.74, 6) is 0.130. The number of rotatable bonds is 6. The summed E-state index contributed by atoms with van der Waals surface area (Å²) in [6, 6.07) is 7.93. The summed E-state index contributed by atoms with van der Waals surface area (Å²) in [4.78, 5) is 30.6. The molecule has 0 atom stereocenters. The number of piperazine rings is 1. The van der Waals surface area contributed by atoms with Crippen LogP contribution in [0.25, 0.3) is 0 Å². The first-order valence-corrected chi connectivity index (χ1v) is 8.93. The van der Waals surface area contributed by atoms with Crippen molar-refractivity contribution in [2.45, 2.75) is 33.6 Å². The van der Waals surface area contributed by atoms with Crippen LogP contribution < -0.4 is 4.90 Å². The van der Waals surface area contributed by atoms with Crippen molar-refractivity contribution >= 4 is 17.5 Å². The Morgan fingerprint density at radius 2 is 1.75 bits per heavy atom. The van der Waals surface area contributed by atoms with Gasteiger partial charge in [-0.05, 0) is 24.6 Å². The monoisotopic (exact) mass is 331 g/mol. The van der Waals surface area contributed by atoms with Gasteiger partial charge in [-0.15, -0.1) is 0 Å². The van der Waals surface area contributed by atoms with Crippen molar-refractivity contribution < 1.29 is 9.59 Å². The van der Waals surface area contributed by atoms with Gasteiger partial charge >= 0.3 is 0 Å². The molecule has 0 bridgehead atoms. The lowest BCUT2D eigenvalue weighted by molar-refractivity contribution is -0.132. The van der Waals surface area contributed by atoms with E-state index in [1.807, 2.05) is 29.2 Å². The molecule has 5 heteroatoms. The number of aryl methyl sites for hydroxylation is 1. The Morgan fingerprint density at radius 3 is 2.33 bits per heavy atom. The van der Waals surface area contributed by atoms with Crippen molar-refractivity contribution in [2.75, 3.05) is 44.2 Å². The lowest BCUT2D eigenvalue weighted by atomic mass is 10.1. The van der Waals surface area contributed by atoms with Crippen LogP contribution >= 0.6 is 0 Å². The molecule has 1 heterocycles. The van der Waals surface area contributed by atoms with Gasteiger partial charge in [0.1, 0.15) is 0 Å². The van der Waals surface area contributed by atoms with Crippen LogP contribution in [0.3, 0.4) is 0 Å². The molecule has 1 saturated heterocycles. The molecule has 0 N–H and O–H groups in total. The predicted octanol–water partition coefficient (Wildman–Crippen LogP) is 2.16. The summed E-state index contributed by atoms with van der Waals surface area (Å²) in [6.07, 6.45) is 1.25. The van der Waals surface area contributed by atoms with E-state index >= 15 is 0 Å². The van der Waals surface area contributed by atoms with E-state index in [9.17, 15) is 9.59 Å². The SMILES string of the molecule is CCc1ccccc1N(CCC(=O)N1CCN(CC)CC1)C(C)=O. The Morgan fingerprint density at radius 1 is 1.08 bits per heavy atom. The fraction of sp³-hybridized carbons (Fsp3) is 0.579. The lowest BCUT2D eigenvalue weighted by Gasteiger charge is -2.34. The number of hydrogen-bond acceptors (Lipinski definition) is 3. The van der Waals surface area contributed by atoms with Crippen LogP contribution in [0.1, 0.15) is 32.8 Å². The van der Waals surface area contributed by atoms with E-state index in [1.165, 1.54) is 0 Å². The highest BCUT2D eigenvalue weighted by molar-refractivity contribution is 5.93. The Hall–Kier alpha value is -1.88. The maximum atomic E-state index is 12.5. The highest BCUT2D eigenvalue weighted by atomic mass is 16.2. The summed E-state index contributed by atoms with van der Waals surface area (Å²) in [5, 5.41) is 0. The van der Waals surface area contributed by atoms with Gasteiger partial charge in [-0.1, -0.05) is 32.0 Å². The van der Waals surface area contributed by atoms with Gasteiger partial charge in [0.05, 0.1) is 0 Å². The summed E-state index contributed by atoms with van der Waals surface area (Å²) in [5.41, 5.74) is 2.06. The zero-order chi connectivity index (χ0) is 17.5. The first-order chi connectivity index (χ1) is 11.6. The van der Waals surface area contributed by atoms with Crippen molar-refractivity contribution in [3.8, 4) is 0 Å². The van der Waals surface area contributed by atoms with Crippen molar-refractivity contribution in [3.05, 3.63) is 29.8 Å². The van der Waals surface area contributed by atoms with Gasteiger partial charge in [0.2, 0.25) is 11.8 Å². The first kappa shape index (κ1) is 18.5. The molecule has 0 saturated carbocycles. The zero-order valence-corrected chi connectivity index (χ0v) is 15.1. The second-order valence-corrected chi connectivity index (χ2v) is 6.22. The van der Waals surface area contributed by atoms with Crippen molar-refractivity contribution in [1.82, 2.24) is 9.80 Å². The summed E-state index contributed by atoms with van der Waals surface area (Å²) < 4.78 is 0. The number of nitrogens with zero attached hydrogens (tertiary/aromatic N) is 3. The number of benzene rings is 1. The molecule has 5 nitrogen and oxygen atoms in total. The van der Waals surface area contributed by atoms with Crippen LogP contribution in [0.4, 0.5) is 5.69 Å². The second-order valence-electron chi connectivity index (χ2n) is 6.22. The molecule has 0 aliphatic carbocycles. The van der Waals surface area contributed by atoms with Crippen LogP contribution in [0.15, 0.2) is 24.3 Å². The van der Waals surface area contributed by atoms with Crippen LogP contribution in [0.5, 0.6) is 0 Å².